The second kappa shape index (κ2) is 9.05. The molecule has 4 rings (SSSR count). The van der Waals surface area contributed by atoms with Crippen LogP contribution in [0.4, 0.5) is 5.69 Å². The summed E-state index contributed by atoms with van der Waals surface area (Å²) in [5, 5.41) is 6.87. The molecule has 3 aromatic carbocycles. The summed E-state index contributed by atoms with van der Waals surface area (Å²) in [7, 11) is 0. The van der Waals surface area contributed by atoms with E-state index >= 15 is 0 Å². The van der Waals surface area contributed by atoms with Gasteiger partial charge in [0.05, 0.1) is 0 Å². The lowest BCUT2D eigenvalue weighted by molar-refractivity contribution is -0.116. The molecule has 0 saturated carbocycles. The minimum Gasteiger partial charge on any atom is -0.457 e. The predicted octanol–water partition coefficient (Wildman–Crippen LogP) is 5.41. The second-order valence-electron chi connectivity index (χ2n) is 6.87. The Balaban J connectivity index is 1.29. The highest BCUT2D eigenvalue weighted by Gasteiger charge is 2.11. The average Bonchev–Trinajstić information content (AvgIpc) is 3.24. The standard InChI is InChI=1S/C24H21N3O3/c1-17-6-5-7-18(16-17)24-26-23(30-27-24)15-14-22(28)25-19-10-12-21(13-11-19)29-20-8-3-2-4-9-20/h2-13,16H,14-15H2,1H3,(H,25,28). The number of benzene rings is 3. The first-order valence-corrected chi connectivity index (χ1v) is 9.68. The molecule has 0 aliphatic carbocycles. The Kier molecular flexibility index (Phi) is 5.85. The number of anilines is 1. The Bertz CT molecular complexity index is 1120. The number of amides is 1. The zero-order valence-corrected chi connectivity index (χ0v) is 16.5. The van der Waals surface area contributed by atoms with E-state index in [4.69, 9.17) is 9.26 Å². The highest BCUT2D eigenvalue weighted by molar-refractivity contribution is 5.90. The summed E-state index contributed by atoms with van der Waals surface area (Å²) in [6.07, 6.45) is 0.623. The number of rotatable bonds is 7. The van der Waals surface area contributed by atoms with Crippen molar-refractivity contribution < 1.29 is 14.1 Å². The average molecular weight is 399 g/mol. The van der Waals surface area contributed by atoms with Crippen molar-refractivity contribution in [3.63, 3.8) is 0 Å². The summed E-state index contributed by atoms with van der Waals surface area (Å²) in [5.74, 6) is 2.31. The first kappa shape index (κ1) is 19.4. The third kappa shape index (κ3) is 5.11. The molecule has 1 heterocycles. The maximum atomic E-state index is 12.3. The Hall–Kier alpha value is -3.93. The van der Waals surface area contributed by atoms with Crippen LogP contribution < -0.4 is 10.1 Å². The fraction of sp³-hybridized carbons (Fsp3) is 0.125. The van der Waals surface area contributed by atoms with Crippen molar-refractivity contribution in [3.05, 3.63) is 90.3 Å². The molecule has 0 aliphatic rings. The molecule has 0 saturated heterocycles. The van der Waals surface area contributed by atoms with E-state index in [1.54, 1.807) is 12.1 Å². The Labute approximate surface area is 174 Å². The van der Waals surface area contributed by atoms with Crippen LogP contribution in [0.1, 0.15) is 17.9 Å². The van der Waals surface area contributed by atoms with Crippen molar-refractivity contribution in [3.8, 4) is 22.9 Å². The fourth-order valence-corrected chi connectivity index (χ4v) is 2.93. The number of hydrogen-bond donors (Lipinski definition) is 1. The molecule has 0 aliphatic heterocycles. The lowest BCUT2D eigenvalue weighted by Gasteiger charge is -2.07. The summed E-state index contributed by atoms with van der Waals surface area (Å²) in [6.45, 7) is 2.01. The van der Waals surface area contributed by atoms with Crippen molar-refractivity contribution in [1.29, 1.82) is 0 Å². The van der Waals surface area contributed by atoms with E-state index in [1.165, 1.54) is 0 Å². The SMILES string of the molecule is Cc1cccc(-c2noc(CCC(=O)Nc3ccc(Oc4ccccc4)cc3)n2)c1. The van der Waals surface area contributed by atoms with Gasteiger partial charge in [-0.25, -0.2) is 0 Å². The van der Waals surface area contributed by atoms with Gasteiger partial charge in [-0.3, -0.25) is 4.79 Å². The van der Waals surface area contributed by atoms with Gasteiger partial charge >= 0.3 is 0 Å². The van der Waals surface area contributed by atoms with Gasteiger partial charge in [-0.2, -0.15) is 4.98 Å². The number of ether oxygens (including phenoxy) is 1. The van der Waals surface area contributed by atoms with Crippen LogP contribution in [0.15, 0.2) is 83.4 Å². The first-order chi connectivity index (χ1) is 14.7. The lowest BCUT2D eigenvalue weighted by Crippen LogP contribution is -2.12. The molecule has 150 valence electrons. The van der Waals surface area contributed by atoms with Crippen LogP contribution in [0.2, 0.25) is 0 Å². The number of nitrogens with zero attached hydrogens (tertiary/aromatic N) is 2. The van der Waals surface area contributed by atoms with Crippen LogP contribution in [-0.4, -0.2) is 16.0 Å². The number of aryl methyl sites for hydroxylation is 2. The molecule has 30 heavy (non-hydrogen) atoms. The van der Waals surface area contributed by atoms with E-state index in [0.29, 0.717) is 29.6 Å². The first-order valence-electron chi connectivity index (χ1n) is 9.68. The molecule has 0 fully saturated rings. The summed E-state index contributed by atoms with van der Waals surface area (Å²) < 4.78 is 11.0. The van der Waals surface area contributed by atoms with E-state index < -0.39 is 0 Å². The maximum Gasteiger partial charge on any atom is 0.227 e. The molecule has 0 radical (unpaired) electrons. The summed E-state index contributed by atoms with van der Waals surface area (Å²) in [6, 6.07) is 24.7. The van der Waals surface area contributed by atoms with Gasteiger partial charge in [-0.15, -0.1) is 0 Å². The zero-order valence-electron chi connectivity index (χ0n) is 16.5. The normalized spacial score (nSPS) is 10.6. The van der Waals surface area contributed by atoms with Crippen LogP contribution in [-0.2, 0) is 11.2 Å². The Morgan fingerprint density at radius 1 is 0.967 bits per heavy atom. The molecule has 6 nitrogen and oxygen atoms in total. The summed E-state index contributed by atoms with van der Waals surface area (Å²) in [4.78, 5) is 16.6. The third-order valence-electron chi connectivity index (χ3n) is 4.43. The number of nitrogens with one attached hydrogen (secondary N) is 1. The van der Waals surface area contributed by atoms with Gasteiger partial charge in [0.1, 0.15) is 11.5 Å². The number of para-hydroxylation sites is 1. The maximum absolute atomic E-state index is 12.3. The van der Waals surface area contributed by atoms with Crippen molar-refractivity contribution in [2.24, 2.45) is 0 Å². The van der Waals surface area contributed by atoms with Gasteiger partial charge < -0.3 is 14.6 Å². The number of aromatic nitrogens is 2. The molecular weight excluding hydrogens is 378 g/mol. The molecular formula is C24H21N3O3. The van der Waals surface area contributed by atoms with Gasteiger partial charge in [0.2, 0.25) is 17.6 Å². The van der Waals surface area contributed by atoms with Crippen LogP contribution in [0.3, 0.4) is 0 Å². The molecule has 1 aromatic heterocycles. The third-order valence-corrected chi connectivity index (χ3v) is 4.43. The lowest BCUT2D eigenvalue weighted by atomic mass is 10.1. The van der Waals surface area contributed by atoms with Gasteiger partial charge in [-0.05, 0) is 49.4 Å². The topological polar surface area (TPSA) is 77.2 Å². The predicted molar refractivity (Wildman–Crippen MR) is 114 cm³/mol. The molecule has 1 N–H and O–H groups in total. The van der Waals surface area contributed by atoms with Crippen molar-refractivity contribution >= 4 is 11.6 Å². The van der Waals surface area contributed by atoms with E-state index in [1.807, 2.05) is 73.7 Å². The summed E-state index contributed by atoms with van der Waals surface area (Å²) >= 11 is 0. The van der Waals surface area contributed by atoms with Gasteiger partial charge in [-0.1, -0.05) is 47.1 Å². The molecule has 0 atom stereocenters. The quantitative estimate of drug-likeness (QED) is 0.450. The van der Waals surface area contributed by atoms with Crippen LogP contribution in [0.25, 0.3) is 11.4 Å². The van der Waals surface area contributed by atoms with Crippen LogP contribution in [0.5, 0.6) is 11.5 Å². The number of carbonyl (C=O) groups is 1. The van der Waals surface area contributed by atoms with Crippen LogP contribution in [0, 0.1) is 6.92 Å². The largest absolute Gasteiger partial charge is 0.457 e. The highest BCUT2D eigenvalue weighted by atomic mass is 16.5. The monoisotopic (exact) mass is 399 g/mol. The van der Waals surface area contributed by atoms with Crippen LogP contribution >= 0.6 is 0 Å². The smallest absolute Gasteiger partial charge is 0.227 e. The zero-order chi connectivity index (χ0) is 20.8. The van der Waals surface area contributed by atoms with Crippen molar-refractivity contribution in [2.45, 2.75) is 19.8 Å². The molecule has 1 amide bonds. The molecule has 0 unspecified atom stereocenters. The fourth-order valence-electron chi connectivity index (χ4n) is 2.93. The second-order valence-corrected chi connectivity index (χ2v) is 6.87. The van der Waals surface area contributed by atoms with Gasteiger partial charge in [0.25, 0.3) is 0 Å². The minimum atomic E-state index is -0.123. The Morgan fingerprint density at radius 3 is 2.50 bits per heavy atom. The molecule has 6 heteroatoms. The van der Waals surface area contributed by atoms with Crippen molar-refractivity contribution in [2.75, 3.05) is 5.32 Å². The van der Waals surface area contributed by atoms with E-state index in [9.17, 15) is 4.79 Å². The number of carbonyl (C=O) groups excluding carboxylic acids is 1. The molecule has 0 spiro atoms. The van der Waals surface area contributed by atoms with E-state index in [2.05, 4.69) is 15.5 Å². The highest BCUT2D eigenvalue weighted by Crippen LogP contribution is 2.23. The minimum absolute atomic E-state index is 0.123. The van der Waals surface area contributed by atoms with E-state index in [-0.39, 0.29) is 12.3 Å². The Morgan fingerprint density at radius 2 is 1.73 bits per heavy atom. The van der Waals surface area contributed by atoms with Gasteiger partial charge in [0, 0.05) is 24.1 Å². The summed E-state index contributed by atoms with van der Waals surface area (Å²) in [5.41, 5.74) is 2.72. The number of hydrogen-bond acceptors (Lipinski definition) is 5. The molecule has 0 bridgehead atoms. The van der Waals surface area contributed by atoms with Crippen molar-refractivity contribution in [1.82, 2.24) is 10.1 Å². The van der Waals surface area contributed by atoms with Gasteiger partial charge in [0.15, 0.2) is 0 Å². The molecule has 4 aromatic rings. The van der Waals surface area contributed by atoms with E-state index in [0.717, 1.165) is 16.9 Å².